The molecule has 1 aromatic rings. The van der Waals surface area contributed by atoms with Gasteiger partial charge in [0.15, 0.2) is 0 Å². The Morgan fingerprint density at radius 3 is 2.94 bits per heavy atom. The molecule has 0 bridgehead atoms. The average Bonchev–Trinajstić information content (AvgIpc) is 2.42. The molecule has 0 fully saturated rings. The maximum absolute atomic E-state index is 5.74. The number of hydrogen-bond acceptors (Lipinski definition) is 2. The van der Waals surface area contributed by atoms with E-state index in [1.54, 1.807) is 7.11 Å². The van der Waals surface area contributed by atoms with Crippen LogP contribution in [-0.2, 0) is 11.2 Å². The Kier molecular flexibility index (Phi) is 4.24. The zero-order valence-corrected chi connectivity index (χ0v) is 10.7. The number of methoxy groups -OCH3 is 1. The zero-order chi connectivity index (χ0) is 12.8. The van der Waals surface area contributed by atoms with Gasteiger partial charge in [0.1, 0.15) is 18.1 Å². The van der Waals surface area contributed by atoms with E-state index in [-0.39, 0.29) is 0 Å². The van der Waals surface area contributed by atoms with Gasteiger partial charge in [-0.2, -0.15) is 0 Å². The zero-order valence-electron chi connectivity index (χ0n) is 10.7. The Morgan fingerprint density at radius 1 is 1.28 bits per heavy atom. The van der Waals surface area contributed by atoms with Gasteiger partial charge in [-0.25, -0.2) is 0 Å². The number of allylic oxidation sites excluding steroid dienone is 3. The van der Waals surface area contributed by atoms with E-state index in [1.165, 1.54) is 5.56 Å². The standard InChI is InChI=1S/C16H18O2/c1-13(17-2)14-9-10-16-15(12-14)8-6-4-3-5-7-11-18-16/h3-5,7,9-10,12H,1,6,8,11H2,2H3/b4-3-,7-5-. The predicted octanol–water partition coefficient (Wildman–Crippen LogP) is 3.74. The van der Waals surface area contributed by atoms with Gasteiger partial charge < -0.3 is 9.47 Å². The van der Waals surface area contributed by atoms with Gasteiger partial charge in [0, 0.05) is 5.56 Å². The monoisotopic (exact) mass is 242 g/mol. The van der Waals surface area contributed by atoms with Crippen LogP contribution in [0.3, 0.4) is 0 Å². The first-order chi connectivity index (χ1) is 8.81. The van der Waals surface area contributed by atoms with Crippen LogP contribution >= 0.6 is 0 Å². The van der Waals surface area contributed by atoms with Crippen molar-refractivity contribution in [2.45, 2.75) is 12.8 Å². The predicted molar refractivity (Wildman–Crippen MR) is 74.6 cm³/mol. The molecule has 94 valence electrons. The molecule has 0 saturated carbocycles. The smallest absolute Gasteiger partial charge is 0.123 e. The van der Waals surface area contributed by atoms with E-state index in [0.717, 1.165) is 24.2 Å². The van der Waals surface area contributed by atoms with Crippen LogP contribution in [0.2, 0.25) is 0 Å². The molecule has 1 aromatic carbocycles. The molecule has 0 radical (unpaired) electrons. The van der Waals surface area contributed by atoms with Crippen LogP contribution in [0.25, 0.3) is 5.76 Å². The Labute approximate surface area is 108 Å². The summed E-state index contributed by atoms with van der Waals surface area (Å²) in [6.45, 7) is 4.48. The van der Waals surface area contributed by atoms with Crippen molar-refractivity contribution in [2.24, 2.45) is 0 Å². The van der Waals surface area contributed by atoms with Crippen molar-refractivity contribution < 1.29 is 9.47 Å². The second-order valence-corrected chi connectivity index (χ2v) is 4.16. The fourth-order valence-corrected chi connectivity index (χ4v) is 1.89. The largest absolute Gasteiger partial charge is 0.497 e. The highest BCUT2D eigenvalue weighted by Gasteiger charge is 2.07. The Morgan fingerprint density at radius 2 is 2.11 bits per heavy atom. The third kappa shape index (κ3) is 3.04. The first kappa shape index (κ1) is 12.5. The molecule has 1 aliphatic rings. The van der Waals surface area contributed by atoms with Gasteiger partial charge in [0.25, 0.3) is 0 Å². The van der Waals surface area contributed by atoms with E-state index in [0.29, 0.717) is 12.4 Å². The molecule has 1 heterocycles. The average molecular weight is 242 g/mol. The fraction of sp³-hybridized carbons (Fsp3) is 0.250. The minimum atomic E-state index is 0.599. The number of rotatable bonds is 2. The van der Waals surface area contributed by atoms with Crippen molar-refractivity contribution in [3.63, 3.8) is 0 Å². The van der Waals surface area contributed by atoms with Gasteiger partial charge in [-0.1, -0.05) is 24.8 Å². The lowest BCUT2D eigenvalue weighted by molar-refractivity contribution is 0.357. The molecule has 0 amide bonds. The molecule has 2 nitrogen and oxygen atoms in total. The molecule has 2 heteroatoms. The van der Waals surface area contributed by atoms with E-state index in [1.807, 2.05) is 24.3 Å². The summed E-state index contributed by atoms with van der Waals surface area (Å²) in [7, 11) is 1.64. The van der Waals surface area contributed by atoms with Gasteiger partial charge in [-0.05, 0) is 42.7 Å². The normalized spacial score (nSPS) is 18.1. The van der Waals surface area contributed by atoms with E-state index in [4.69, 9.17) is 9.47 Å². The highest BCUT2D eigenvalue weighted by atomic mass is 16.5. The highest BCUT2D eigenvalue weighted by molar-refractivity contribution is 5.60. The topological polar surface area (TPSA) is 18.5 Å². The van der Waals surface area contributed by atoms with E-state index in [2.05, 4.69) is 24.8 Å². The maximum Gasteiger partial charge on any atom is 0.123 e. The molecule has 0 spiro atoms. The van der Waals surface area contributed by atoms with Crippen molar-refractivity contribution in [1.29, 1.82) is 0 Å². The molecule has 18 heavy (non-hydrogen) atoms. The number of hydrogen-bond donors (Lipinski definition) is 0. The van der Waals surface area contributed by atoms with Crippen LogP contribution in [0, 0.1) is 0 Å². The summed E-state index contributed by atoms with van der Waals surface area (Å²) < 4.78 is 10.9. The second-order valence-electron chi connectivity index (χ2n) is 4.16. The summed E-state index contributed by atoms with van der Waals surface area (Å²) in [5.41, 5.74) is 2.21. The lowest BCUT2D eigenvalue weighted by atomic mass is 10.0. The number of fused-ring (bicyclic) bond motifs is 1. The molecule has 1 aliphatic heterocycles. The molecule has 2 rings (SSSR count). The highest BCUT2D eigenvalue weighted by Crippen LogP contribution is 2.25. The Hall–Kier alpha value is -1.96. The van der Waals surface area contributed by atoms with E-state index >= 15 is 0 Å². The van der Waals surface area contributed by atoms with Crippen LogP contribution in [0.4, 0.5) is 0 Å². The molecule has 0 N–H and O–H groups in total. The molecule has 0 saturated heterocycles. The molecule has 0 atom stereocenters. The summed E-state index contributed by atoms with van der Waals surface area (Å²) in [6, 6.07) is 6.07. The van der Waals surface area contributed by atoms with E-state index < -0.39 is 0 Å². The summed E-state index contributed by atoms with van der Waals surface area (Å²) in [6.07, 6.45) is 10.2. The molecule has 0 aromatic heterocycles. The van der Waals surface area contributed by atoms with Crippen LogP contribution in [-0.4, -0.2) is 13.7 Å². The van der Waals surface area contributed by atoms with Gasteiger partial charge in [-0.3, -0.25) is 0 Å². The molecule has 0 aliphatic carbocycles. The fourth-order valence-electron chi connectivity index (χ4n) is 1.89. The minimum absolute atomic E-state index is 0.599. The SMILES string of the molecule is C=C(OC)c1ccc2c(c1)CC/C=C\C=C/CO2. The van der Waals surface area contributed by atoms with Crippen molar-refractivity contribution in [2.75, 3.05) is 13.7 Å². The Balaban J connectivity index is 2.28. The molecular formula is C16H18O2. The van der Waals surface area contributed by atoms with Crippen LogP contribution in [0.1, 0.15) is 17.5 Å². The maximum atomic E-state index is 5.74. The van der Waals surface area contributed by atoms with Gasteiger partial charge in [0.2, 0.25) is 0 Å². The first-order valence-electron chi connectivity index (χ1n) is 6.12. The summed E-state index contributed by atoms with van der Waals surface area (Å²) in [4.78, 5) is 0. The number of benzene rings is 1. The molecule has 0 unspecified atom stereocenters. The van der Waals surface area contributed by atoms with Gasteiger partial charge in [0.05, 0.1) is 7.11 Å². The molecular weight excluding hydrogens is 224 g/mol. The van der Waals surface area contributed by atoms with Crippen LogP contribution < -0.4 is 4.74 Å². The summed E-state index contributed by atoms with van der Waals surface area (Å²) in [5, 5.41) is 0. The quantitative estimate of drug-likeness (QED) is 0.735. The van der Waals surface area contributed by atoms with Crippen LogP contribution in [0.5, 0.6) is 5.75 Å². The third-order valence-electron chi connectivity index (χ3n) is 2.93. The van der Waals surface area contributed by atoms with Crippen LogP contribution in [0.15, 0.2) is 49.1 Å². The van der Waals surface area contributed by atoms with Crippen molar-refractivity contribution >= 4 is 5.76 Å². The van der Waals surface area contributed by atoms with Crippen molar-refractivity contribution in [3.05, 3.63) is 60.2 Å². The summed E-state index contributed by atoms with van der Waals surface area (Å²) >= 11 is 0. The number of ether oxygens (including phenoxy) is 2. The first-order valence-corrected chi connectivity index (χ1v) is 6.12. The second kappa shape index (κ2) is 6.10. The van der Waals surface area contributed by atoms with E-state index in [9.17, 15) is 0 Å². The lowest BCUT2D eigenvalue weighted by Gasteiger charge is -2.13. The minimum Gasteiger partial charge on any atom is -0.497 e. The van der Waals surface area contributed by atoms with Crippen molar-refractivity contribution in [1.82, 2.24) is 0 Å². The Bertz CT molecular complexity index is 484. The van der Waals surface area contributed by atoms with Gasteiger partial charge in [-0.15, -0.1) is 0 Å². The lowest BCUT2D eigenvalue weighted by Crippen LogP contribution is -2.00. The van der Waals surface area contributed by atoms with Gasteiger partial charge >= 0.3 is 0 Å². The number of aryl methyl sites for hydroxylation is 1. The van der Waals surface area contributed by atoms with Crippen molar-refractivity contribution in [3.8, 4) is 5.75 Å². The third-order valence-corrected chi connectivity index (χ3v) is 2.93. The summed E-state index contributed by atoms with van der Waals surface area (Å²) in [5.74, 6) is 1.63.